The van der Waals surface area contributed by atoms with Crippen molar-refractivity contribution in [3.05, 3.63) is 40.0 Å². The third-order valence-corrected chi connectivity index (χ3v) is 7.88. The maximum absolute atomic E-state index is 13.3. The van der Waals surface area contributed by atoms with Gasteiger partial charge in [0, 0.05) is 0 Å². The van der Waals surface area contributed by atoms with E-state index >= 15 is 0 Å². The van der Waals surface area contributed by atoms with Gasteiger partial charge in [-0.1, -0.05) is 11.3 Å². The van der Waals surface area contributed by atoms with Crippen LogP contribution < -0.4 is 4.72 Å². The van der Waals surface area contributed by atoms with Crippen LogP contribution in [0, 0.1) is 12.7 Å². The number of sulfonamides is 1. The first-order valence-corrected chi connectivity index (χ1v) is 10.7. The fourth-order valence-corrected chi connectivity index (χ4v) is 6.28. The van der Waals surface area contributed by atoms with Gasteiger partial charge in [-0.3, -0.25) is 4.72 Å². The molecule has 148 valence electrons. The van der Waals surface area contributed by atoms with Crippen LogP contribution in [-0.2, 0) is 19.5 Å². The van der Waals surface area contributed by atoms with Crippen LogP contribution in [-0.4, -0.2) is 39.6 Å². The fraction of sp³-hybridized carbons (Fsp3) is 0.188. The Bertz CT molecular complexity index is 1200. The predicted molar refractivity (Wildman–Crippen MR) is 102 cm³/mol. The lowest BCUT2D eigenvalue weighted by Gasteiger charge is -2.05. The molecule has 0 radical (unpaired) electrons. The number of aromatic nitrogens is 1. The van der Waals surface area contributed by atoms with E-state index in [-0.39, 0.29) is 21.1 Å². The lowest BCUT2D eigenvalue weighted by atomic mass is 10.2. The van der Waals surface area contributed by atoms with Crippen LogP contribution in [0.15, 0.2) is 22.4 Å². The molecule has 0 atom stereocenters. The molecular formula is C16H13FN2O6S3. The number of thiophene rings is 1. The first kappa shape index (κ1) is 20.2. The first-order valence-electron chi connectivity index (χ1n) is 7.57. The number of methoxy groups -OCH3 is 2. The van der Waals surface area contributed by atoms with Crippen molar-refractivity contribution in [2.45, 2.75) is 11.1 Å². The van der Waals surface area contributed by atoms with Crippen molar-refractivity contribution in [1.82, 2.24) is 4.98 Å². The lowest BCUT2D eigenvalue weighted by Crippen LogP contribution is -2.16. The van der Waals surface area contributed by atoms with Gasteiger partial charge >= 0.3 is 11.9 Å². The molecule has 12 heteroatoms. The molecular weight excluding hydrogens is 431 g/mol. The highest BCUT2D eigenvalue weighted by molar-refractivity contribution is 7.95. The Balaban J connectivity index is 2.09. The van der Waals surface area contributed by atoms with E-state index in [2.05, 4.69) is 19.2 Å². The van der Waals surface area contributed by atoms with Crippen LogP contribution in [0.4, 0.5) is 9.52 Å². The quantitative estimate of drug-likeness (QED) is 0.602. The first-order chi connectivity index (χ1) is 13.2. The molecule has 0 fully saturated rings. The van der Waals surface area contributed by atoms with Crippen LogP contribution in [0.3, 0.4) is 0 Å². The number of hydrogen-bond acceptors (Lipinski definition) is 9. The number of halogens is 1. The number of benzene rings is 1. The van der Waals surface area contributed by atoms with Crippen molar-refractivity contribution in [2.24, 2.45) is 0 Å². The summed E-state index contributed by atoms with van der Waals surface area (Å²) in [6.45, 7) is 1.43. The highest BCUT2D eigenvalue weighted by atomic mass is 32.2. The summed E-state index contributed by atoms with van der Waals surface area (Å²) >= 11 is 1.52. The van der Waals surface area contributed by atoms with Crippen molar-refractivity contribution >= 4 is 60.0 Å². The summed E-state index contributed by atoms with van der Waals surface area (Å²) in [5, 5.41) is -0.0120. The molecule has 8 nitrogen and oxygen atoms in total. The summed E-state index contributed by atoms with van der Waals surface area (Å²) in [6.07, 6.45) is 0. The molecule has 3 aromatic rings. The molecule has 2 aromatic heterocycles. The van der Waals surface area contributed by atoms with Crippen molar-refractivity contribution in [1.29, 1.82) is 0 Å². The SMILES string of the molecule is COC(=O)c1sc(S(=O)(=O)Nc2nc3ccc(F)cc3s2)c(C(=O)OC)c1C. The molecule has 0 aliphatic rings. The standard InChI is InChI=1S/C16H13FN2O6S3/c1-7-11(13(20)24-2)15(27-12(7)14(21)25-3)28(22,23)19-16-18-9-5-4-8(17)6-10(9)26-16/h4-6H,1-3H3,(H,18,19). The Kier molecular flexibility index (Phi) is 5.37. The zero-order chi connectivity index (χ0) is 20.6. The van der Waals surface area contributed by atoms with E-state index in [0.29, 0.717) is 21.6 Å². The summed E-state index contributed by atoms with van der Waals surface area (Å²) < 4.78 is 50.7. The summed E-state index contributed by atoms with van der Waals surface area (Å²) in [5.74, 6) is -2.16. The molecule has 0 amide bonds. The number of fused-ring (bicyclic) bond motifs is 1. The van der Waals surface area contributed by atoms with Crippen LogP contribution in [0.1, 0.15) is 25.6 Å². The van der Waals surface area contributed by atoms with Crippen LogP contribution in [0.25, 0.3) is 10.2 Å². The average Bonchev–Trinajstić information content (AvgIpc) is 3.20. The van der Waals surface area contributed by atoms with Crippen LogP contribution in [0.2, 0.25) is 0 Å². The van der Waals surface area contributed by atoms with E-state index in [4.69, 9.17) is 0 Å². The Labute approximate surface area is 167 Å². The van der Waals surface area contributed by atoms with Gasteiger partial charge < -0.3 is 9.47 Å². The van der Waals surface area contributed by atoms with E-state index in [1.54, 1.807) is 0 Å². The number of ether oxygens (including phenoxy) is 2. The van der Waals surface area contributed by atoms with E-state index in [9.17, 15) is 22.4 Å². The van der Waals surface area contributed by atoms with Crippen molar-refractivity contribution in [3.8, 4) is 0 Å². The van der Waals surface area contributed by atoms with Gasteiger partial charge in [-0.05, 0) is 30.7 Å². The van der Waals surface area contributed by atoms with Gasteiger partial charge in [0.2, 0.25) is 0 Å². The molecule has 1 N–H and O–H groups in total. The number of nitrogens with zero attached hydrogens (tertiary/aromatic N) is 1. The van der Waals surface area contributed by atoms with E-state index in [0.717, 1.165) is 25.6 Å². The van der Waals surface area contributed by atoms with E-state index in [1.165, 1.54) is 25.1 Å². The van der Waals surface area contributed by atoms with Gasteiger partial charge in [0.05, 0.1) is 30.0 Å². The smallest absolute Gasteiger partial charge is 0.348 e. The van der Waals surface area contributed by atoms with E-state index < -0.39 is 32.0 Å². The number of rotatable bonds is 5. The second-order valence-electron chi connectivity index (χ2n) is 5.44. The minimum atomic E-state index is -4.29. The van der Waals surface area contributed by atoms with E-state index in [1.807, 2.05) is 0 Å². The fourth-order valence-electron chi connectivity index (χ4n) is 2.41. The van der Waals surface area contributed by atoms with Crippen molar-refractivity contribution in [3.63, 3.8) is 0 Å². The molecule has 0 unspecified atom stereocenters. The maximum Gasteiger partial charge on any atom is 0.348 e. The molecule has 2 heterocycles. The van der Waals surface area contributed by atoms with Gasteiger partial charge in [-0.2, -0.15) is 0 Å². The minimum absolute atomic E-state index is 0.0120. The van der Waals surface area contributed by atoms with Gasteiger partial charge in [0.15, 0.2) is 9.34 Å². The topological polar surface area (TPSA) is 112 Å². The van der Waals surface area contributed by atoms with Gasteiger partial charge in [0.25, 0.3) is 10.0 Å². The second kappa shape index (κ2) is 7.45. The van der Waals surface area contributed by atoms with Crippen LogP contribution >= 0.6 is 22.7 Å². The summed E-state index contributed by atoms with van der Waals surface area (Å²) in [6, 6.07) is 3.86. The molecule has 1 aromatic carbocycles. The monoisotopic (exact) mass is 444 g/mol. The third-order valence-electron chi connectivity index (χ3n) is 3.69. The zero-order valence-corrected chi connectivity index (χ0v) is 17.2. The van der Waals surface area contributed by atoms with Gasteiger partial charge in [-0.25, -0.2) is 27.4 Å². The summed E-state index contributed by atoms with van der Waals surface area (Å²) in [7, 11) is -2.04. The third kappa shape index (κ3) is 3.57. The van der Waals surface area contributed by atoms with Crippen molar-refractivity contribution < 1.29 is 31.9 Å². The molecule has 0 saturated carbocycles. The minimum Gasteiger partial charge on any atom is -0.465 e. The number of carbonyl (C=O) groups is 2. The predicted octanol–water partition coefficient (Wildman–Crippen LogP) is 3.18. The molecule has 3 rings (SSSR count). The molecule has 28 heavy (non-hydrogen) atoms. The normalized spacial score (nSPS) is 11.4. The largest absolute Gasteiger partial charge is 0.465 e. The van der Waals surface area contributed by atoms with Crippen molar-refractivity contribution in [2.75, 3.05) is 18.9 Å². The molecule has 0 bridgehead atoms. The molecule has 0 spiro atoms. The summed E-state index contributed by atoms with van der Waals surface area (Å²) in [4.78, 5) is 28.1. The number of hydrogen-bond donors (Lipinski definition) is 1. The Hall–Kier alpha value is -2.57. The molecule has 0 saturated heterocycles. The Morgan fingerprint density at radius 2 is 1.82 bits per heavy atom. The zero-order valence-electron chi connectivity index (χ0n) is 14.7. The highest BCUT2D eigenvalue weighted by Gasteiger charge is 2.33. The molecule has 0 aliphatic carbocycles. The number of esters is 2. The number of carbonyl (C=O) groups excluding carboxylic acids is 2. The summed E-state index contributed by atoms with van der Waals surface area (Å²) in [5.41, 5.74) is 0.290. The maximum atomic E-state index is 13.3. The molecule has 0 aliphatic heterocycles. The number of thiazole rings is 1. The second-order valence-corrected chi connectivity index (χ2v) is 9.37. The van der Waals surface area contributed by atoms with Gasteiger partial charge in [-0.15, -0.1) is 11.3 Å². The highest BCUT2D eigenvalue weighted by Crippen LogP contribution is 2.35. The Morgan fingerprint density at radius 3 is 2.46 bits per heavy atom. The Morgan fingerprint density at radius 1 is 1.14 bits per heavy atom. The van der Waals surface area contributed by atoms with Gasteiger partial charge in [0.1, 0.15) is 10.7 Å². The lowest BCUT2D eigenvalue weighted by molar-refractivity contribution is 0.0596. The average molecular weight is 444 g/mol. The van der Waals surface area contributed by atoms with Crippen LogP contribution in [0.5, 0.6) is 0 Å². The number of anilines is 1. The number of nitrogens with one attached hydrogen (secondary N) is 1.